The number of imidazole rings is 1. The molecule has 2 rings (SSSR count). The Bertz CT molecular complexity index is 476. The summed E-state index contributed by atoms with van der Waals surface area (Å²) >= 11 is 3.45. The normalized spacial score (nSPS) is 11.5. The lowest BCUT2D eigenvalue weighted by Gasteiger charge is -2.04. The highest BCUT2D eigenvalue weighted by atomic mass is 79.9. The first-order valence-electron chi connectivity index (χ1n) is 5.49. The molecule has 86 valence electrons. The third-order valence-electron chi connectivity index (χ3n) is 2.32. The Kier molecular flexibility index (Phi) is 3.61. The monoisotopic (exact) mass is 281 g/mol. The number of hydrogen-bond acceptors (Lipinski definition) is 2. The maximum atomic E-state index is 4.53. The van der Waals surface area contributed by atoms with E-state index in [0.717, 1.165) is 28.9 Å². The summed E-state index contributed by atoms with van der Waals surface area (Å²) in [5, 5.41) is 3.39. The molecule has 0 amide bonds. The fourth-order valence-corrected chi connectivity index (χ4v) is 1.94. The molecule has 1 N–H and O–H groups in total. The second-order valence-electron chi connectivity index (χ2n) is 4.37. The minimum Gasteiger partial charge on any atom is -0.311 e. The van der Waals surface area contributed by atoms with Crippen molar-refractivity contribution in [1.29, 1.82) is 0 Å². The molecule has 0 atom stereocenters. The van der Waals surface area contributed by atoms with Crippen LogP contribution in [-0.2, 0) is 6.54 Å². The van der Waals surface area contributed by atoms with Gasteiger partial charge in [-0.05, 0) is 40.5 Å². The van der Waals surface area contributed by atoms with E-state index in [0.29, 0.717) is 5.92 Å². The summed E-state index contributed by atoms with van der Waals surface area (Å²) in [4.78, 5) is 4.53. The molecule has 0 fully saturated rings. The van der Waals surface area contributed by atoms with Crippen LogP contribution in [0.4, 0.5) is 0 Å². The number of fused-ring (bicyclic) bond motifs is 1. The van der Waals surface area contributed by atoms with Crippen molar-refractivity contribution in [2.24, 2.45) is 5.92 Å². The third kappa shape index (κ3) is 2.83. The van der Waals surface area contributed by atoms with Crippen LogP contribution in [0.5, 0.6) is 0 Å². The molecular weight excluding hydrogens is 266 g/mol. The molecule has 0 bridgehead atoms. The number of nitrogens with one attached hydrogen (secondary N) is 1. The van der Waals surface area contributed by atoms with Crippen LogP contribution in [0.2, 0.25) is 0 Å². The lowest BCUT2D eigenvalue weighted by atomic mass is 10.2. The molecule has 0 spiro atoms. The van der Waals surface area contributed by atoms with Gasteiger partial charge in [0.2, 0.25) is 0 Å². The largest absolute Gasteiger partial charge is 0.311 e. The maximum Gasteiger partial charge on any atom is 0.137 e. The fourth-order valence-electron chi connectivity index (χ4n) is 1.59. The number of rotatable bonds is 4. The Morgan fingerprint density at radius 2 is 2.19 bits per heavy atom. The molecule has 2 aromatic heterocycles. The lowest BCUT2D eigenvalue weighted by Crippen LogP contribution is -2.19. The fraction of sp³-hybridized carbons (Fsp3) is 0.417. The predicted molar refractivity (Wildman–Crippen MR) is 69.4 cm³/mol. The minimum absolute atomic E-state index is 0.672. The molecule has 0 saturated heterocycles. The number of halogens is 1. The molecule has 0 radical (unpaired) electrons. The number of pyridine rings is 1. The van der Waals surface area contributed by atoms with Gasteiger partial charge in [0, 0.05) is 23.4 Å². The molecular formula is C12H16BrN3. The van der Waals surface area contributed by atoms with Gasteiger partial charge in [-0.25, -0.2) is 4.98 Å². The van der Waals surface area contributed by atoms with E-state index in [9.17, 15) is 0 Å². The van der Waals surface area contributed by atoms with Gasteiger partial charge in [0.15, 0.2) is 0 Å². The van der Waals surface area contributed by atoms with Crippen molar-refractivity contribution >= 4 is 21.6 Å². The summed E-state index contributed by atoms with van der Waals surface area (Å²) in [7, 11) is 0. The standard InChI is InChI=1S/C12H16BrN3/c1-9(2)5-14-6-11-8-16-7-10(13)3-4-12(16)15-11/h3-4,7-9,14H,5-6H2,1-2H3. The SMILES string of the molecule is CC(C)CNCc1cn2cc(Br)ccc2n1. The highest BCUT2D eigenvalue weighted by Crippen LogP contribution is 2.12. The predicted octanol–water partition coefficient (Wildman–Crippen LogP) is 2.84. The van der Waals surface area contributed by atoms with Gasteiger partial charge < -0.3 is 9.72 Å². The van der Waals surface area contributed by atoms with Gasteiger partial charge in [-0.2, -0.15) is 0 Å². The van der Waals surface area contributed by atoms with E-state index in [1.807, 2.05) is 22.7 Å². The van der Waals surface area contributed by atoms with Crippen LogP contribution in [0.25, 0.3) is 5.65 Å². The highest BCUT2D eigenvalue weighted by molar-refractivity contribution is 9.10. The summed E-state index contributed by atoms with van der Waals surface area (Å²) in [6, 6.07) is 4.02. The lowest BCUT2D eigenvalue weighted by molar-refractivity contribution is 0.549. The van der Waals surface area contributed by atoms with Crippen molar-refractivity contribution in [3.05, 3.63) is 34.7 Å². The van der Waals surface area contributed by atoms with Gasteiger partial charge in [0.1, 0.15) is 5.65 Å². The summed E-state index contributed by atoms with van der Waals surface area (Å²) in [6.45, 7) is 6.26. The molecule has 2 heterocycles. The van der Waals surface area contributed by atoms with Gasteiger partial charge in [0.05, 0.1) is 5.69 Å². The number of hydrogen-bond donors (Lipinski definition) is 1. The molecule has 0 unspecified atom stereocenters. The van der Waals surface area contributed by atoms with Crippen molar-refractivity contribution in [2.75, 3.05) is 6.54 Å². The zero-order valence-corrected chi connectivity index (χ0v) is 11.2. The van der Waals surface area contributed by atoms with Crippen molar-refractivity contribution < 1.29 is 0 Å². The highest BCUT2D eigenvalue weighted by Gasteiger charge is 2.01. The van der Waals surface area contributed by atoms with Crippen LogP contribution < -0.4 is 5.32 Å². The molecule has 0 saturated carbocycles. The van der Waals surface area contributed by atoms with Gasteiger partial charge >= 0.3 is 0 Å². The quantitative estimate of drug-likeness (QED) is 0.934. The van der Waals surface area contributed by atoms with Crippen molar-refractivity contribution in [3.63, 3.8) is 0 Å². The van der Waals surface area contributed by atoms with Crippen LogP contribution in [0, 0.1) is 5.92 Å². The van der Waals surface area contributed by atoms with E-state index in [4.69, 9.17) is 0 Å². The van der Waals surface area contributed by atoms with E-state index < -0.39 is 0 Å². The molecule has 2 aromatic rings. The summed E-state index contributed by atoms with van der Waals surface area (Å²) in [5.41, 5.74) is 2.07. The Morgan fingerprint density at radius 1 is 1.38 bits per heavy atom. The van der Waals surface area contributed by atoms with E-state index in [2.05, 4.69) is 46.3 Å². The van der Waals surface area contributed by atoms with Crippen molar-refractivity contribution in [1.82, 2.24) is 14.7 Å². The second kappa shape index (κ2) is 4.97. The van der Waals surface area contributed by atoms with E-state index in [1.54, 1.807) is 0 Å². The maximum absolute atomic E-state index is 4.53. The van der Waals surface area contributed by atoms with Crippen LogP contribution in [0.3, 0.4) is 0 Å². The molecule has 0 aliphatic heterocycles. The van der Waals surface area contributed by atoms with Crippen molar-refractivity contribution in [2.45, 2.75) is 20.4 Å². The average molecular weight is 282 g/mol. The van der Waals surface area contributed by atoms with Gasteiger partial charge in [-0.15, -0.1) is 0 Å². The van der Waals surface area contributed by atoms with Crippen LogP contribution in [0.15, 0.2) is 29.0 Å². The first-order chi connectivity index (χ1) is 7.65. The molecule has 4 heteroatoms. The van der Waals surface area contributed by atoms with Gasteiger partial charge in [-0.1, -0.05) is 13.8 Å². The third-order valence-corrected chi connectivity index (χ3v) is 2.79. The van der Waals surface area contributed by atoms with Crippen LogP contribution in [-0.4, -0.2) is 15.9 Å². The Hall–Kier alpha value is -0.870. The molecule has 3 nitrogen and oxygen atoms in total. The molecule has 0 aliphatic rings. The van der Waals surface area contributed by atoms with Gasteiger partial charge in [0.25, 0.3) is 0 Å². The summed E-state index contributed by atoms with van der Waals surface area (Å²) in [6.07, 6.45) is 4.09. The molecule has 0 aliphatic carbocycles. The number of aromatic nitrogens is 2. The van der Waals surface area contributed by atoms with Crippen molar-refractivity contribution in [3.8, 4) is 0 Å². The Morgan fingerprint density at radius 3 is 2.94 bits per heavy atom. The van der Waals surface area contributed by atoms with Gasteiger partial charge in [-0.3, -0.25) is 0 Å². The Labute approximate surface area is 104 Å². The van der Waals surface area contributed by atoms with Crippen LogP contribution >= 0.6 is 15.9 Å². The van der Waals surface area contributed by atoms with E-state index >= 15 is 0 Å². The number of nitrogens with zero attached hydrogens (tertiary/aromatic N) is 2. The summed E-state index contributed by atoms with van der Waals surface area (Å²) < 4.78 is 3.11. The van der Waals surface area contributed by atoms with E-state index in [-0.39, 0.29) is 0 Å². The first kappa shape index (κ1) is 11.6. The first-order valence-corrected chi connectivity index (χ1v) is 6.28. The topological polar surface area (TPSA) is 29.3 Å². The second-order valence-corrected chi connectivity index (χ2v) is 5.29. The zero-order chi connectivity index (χ0) is 11.5. The van der Waals surface area contributed by atoms with E-state index in [1.165, 1.54) is 0 Å². The summed E-state index contributed by atoms with van der Waals surface area (Å²) in [5.74, 6) is 0.672. The average Bonchev–Trinajstić information content (AvgIpc) is 2.58. The molecule has 0 aromatic carbocycles. The Balaban J connectivity index is 2.08. The smallest absolute Gasteiger partial charge is 0.137 e. The zero-order valence-electron chi connectivity index (χ0n) is 9.57. The molecule has 16 heavy (non-hydrogen) atoms. The minimum atomic E-state index is 0.672. The van der Waals surface area contributed by atoms with Crippen LogP contribution in [0.1, 0.15) is 19.5 Å².